The van der Waals surface area contributed by atoms with Crippen molar-refractivity contribution in [1.29, 1.82) is 0 Å². The number of para-hydroxylation sites is 2. The van der Waals surface area contributed by atoms with Crippen LogP contribution in [0.25, 0.3) is 22.3 Å². The molecule has 0 amide bonds. The lowest BCUT2D eigenvalue weighted by Gasteiger charge is -2.42. The Labute approximate surface area is 301 Å². The van der Waals surface area contributed by atoms with Crippen molar-refractivity contribution in [3.05, 3.63) is 192 Å². The number of fused-ring (bicyclic) bond motifs is 4. The SMILES string of the molecule is CC1(C)c2ccccc2N(c2ccccc2)c2ccc(-c3ccc(-c4ccc5c(c4)P(=O)(c4ccccc4)c4ccccc4C5(C)C)cc3)cc21. The molecule has 7 aromatic rings. The smallest absolute Gasteiger partial charge is 0.171 e. The van der Waals surface area contributed by atoms with Gasteiger partial charge in [0.15, 0.2) is 7.14 Å². The molecule has 0 bridgehead atoms. The molecule has 248 valence electrons. The Bertz CT molecular complexity index is 2500. The number of nitrogens with zero attached hydrogens (tertiary/aromatic N) is 1. The fourth-order valence-electron chi connectivity index (χ4n) is 8.56. The summed E-state index contributed by atoms with van der Waals surface area (Å²) in [5, 5.41) is 2.77. The lowest BCUT2D eigenvalue weighted by molar-refractivity contribution is 0.586. The second-order valence-corrected chi connectivity index (χ2v) is 17.6. The zero-order valence-corrected chi connectivity index (χ0v) is 30.4. The summed E-state index contributed by atoms with van der Waals surface area (Å²) in [6.45, 7) is 9.18. The first-order valence-electron chi connectivity index (χ1n) is 17.8. The minimum atomic E-state index is -3.11. The molecule has 2 aliphatic heterocycles. The molecule has 0 saturated carbocycles. The summed E-state index contributed by atoms with van der Waals surface area (Å²) in [4.78, 5) is 2.40. The quantitative estimate of drug-likeness (QED) is 0.173. The van der Waals surface area contributed by atoms with E-state index in [1.165, 1.54) is 33.6 Å². The Hall–Kier alpha value is -5.43. The van der Waals surface area contributed by atoms with Crippen molar-refractivity contribution in [3.63, 3.8) is 0 Å². The van der Waals surface area contributed by atoms with Crippen LogP contribution in [-0.4, -0.2) is 0 Å². The molecule has 51 heavy (non-hydrogen) atoms. The lowest BCUT2D eigenvalue weighted by atomic mass is 9.73. The molecule has 1 atom stereocenters. The van der Waals surface area contributed by atoms with Gasteiger partial charge in [0.05, 0.1) is 11.4 Å². The highest BCUT2D eigenvalue weighted by atomic mass is 31.2. The Balaban J connectivity index is 1.12. The lowest BCUT2D eigenvalue weighted by Crippen LogP contribution is -2.42. The predicted molar refractivity (Wildman–Crippen MR) is 216 cm³/mol. The fraction of sp³-hybridized carbons (Fsp3) is 0.125. The zero-order chi connectivity index (χ0) is 35.0. The van der Waals surface area contributed by atoms with Gasteiger partial charge in [0.2, 0.25) is 0 Å². The highest BCUT2D eigenvalue weighted by Gasteiger charge is 2.45. The predicted octanol–water partition coefficient (Wildman–Crippen LogP) is 11.4. The van der Waals surface area contributed by atoms with E-state index in [4.69, 9.17) is 0 Å². The van der Waals surface area contributed by atoms with E-state index in [1.54, 1.807) is 0 Å². The van der Waals surface area contributed by atoms with Crippen LogP contribution in [0.15, 0.2) is 170 Å². The minimum Gasteiger partial charge on any atom is -0.310 e. The standard InChI is InChI=1S/C48H40NOP/c1-47(2)39-19-11-13-21-43(39)49(37-15-7-5-8-16-37)44-30-28-35(31-42(44)47)33-23-25-34(26-24-33)36-27-29-41-46(32-36)51(50,38-17-9-6-10-18-38)45-22-14-12-20-40(45)48(41,3)4/h5-32H,1-4H3. The molecule has 7 aromatic carbocycles. The molecule has 0 fully saturated rings. The number of hydrogen-bond acceptors (Lipinski definition) is 2. The first-order valence-corrected chi connectivity index (χ1v) is 19.5. The van der Waals surface area contributed by atoms with Crippen LogP contribution in [0.1, 0.15) is 49.9 Å². The largest absolute Gasteiger partial charge is 0.310 e. The molecule has 0 aromatic heterocycles. The van der Waals surface area contributed by atoms with Crippen LogP contribution in [0.4, 0.5) is 17.1 Å². The van der Waals surface area contributed by atoms with Gasteiger partial charge in [-0.15, -0.1) is 0 Å². The highest BCUT2D eigenvalue weighted by Crippen LogP contribution is 2.54. The third kappa shape index (κ3) is 4.74. The van der Waals surface area contributed by atoms with Crippen molar-refractivity contribution in [2.45, 2.75) is 38.5 Å². The van der Waals surface area contributed by atoms with Crippen molar-refractivity contribution < 1.29 is 4.57 Å². The Morgan fingerprint density at radius 3 is 1.61 bits per heavy atom. The van der Waals surface area contributed by atoms with Crippen molar-refractivity contribution in [2.24, 2.45) is 0 Å². The molecule has 3 heteroatoms. The maximum absolute atomic E-state index is 15.5. The molecule has 0 spiro atoms. The van der Waals surface area contributed by atoms with Gasteiger partial charge in [-0.05, 0) is 80.9 Å². The molecule has 1 unspecified atom stereocenters. The number of benzene rings is 7. The summed E-state index contributed by atoms with van der Waals surface area (Å²) >= 11 is 0. The summed E-state index contributed by atoms with van der Waals surface area (Å²) in [6.07, 6.45) is 0. The maximum atomic E-state index is 15.5. The molecular formula is C48H40NOP. The summed E-state index contributed by atoms with van der Waals surface area (Å²) in [5.74, 6) is 0. The number of anilines is 3. The zero-order valence-electron chi connectivity index (χ0n) is 29.5. The normalized spacial score (nSPS) is 17.8. The van der Waals surface area contributed by atoms with E-state index in [9.17, 15) is 0 Å². The van der Waals surface area contributed by atoms with Gasteiger partial charge in [-0.1, -0.05) is 161 Å². The Morgan fingerprint density at radius 2 is 0.902 bits per heavy atom. The van der Waals surface area contributed by atoms with E-state index in [0.29, 0.717) is 0 Å². The van der Waals surface area contributed by atoms with Crippen LogP contribution in [0.5, 0.6) is 0 Å². The van der Waals surface area contributed by atoms with Gasteiger partial charge in [-0.2, -0.15) is 0 Å². The average molecular weight is 678 g/mol. The van der Waals surface area contributed by atoms with Crippen LogP contribution in [0, 0.1) is 0 Å². The molecular weight excluding hydrogens is 638 g/mol. The van der Waals surface area contributed by atoms with Gasteiger partial charge in [0, 0.05) is 32.4 Å². The molecule has 2 aliphatic rings. The Kier molecular flexibility index (Phi) is 7.15. The van der Waals surface area contributed by atoms with Crippen LogP contribution >= 0.6 is 7.14 Å². The first-order chi connectivity index (χ1) is 24.7. The van der Waals surface area contributed by atoms with Crippen LogP contribution in [0.2, 0.25) is 0 Å². The molecule has 0 saturated heterocycles. The molecule has 0 aliphatic carbocycles. The summed E-state index contributed by atoms with van der Waals surface area (Å²) < 4.78 is 15.5. The molecule has 9 rings (SSSR count). The van der Waals surface area contributed by atoms with Gasteiger partial charge < -0.3 is 9.46 Å². The summed E-state index contributed by atoms with van der Waals surface area (Å²) in [5.41, 5.74) is 12.6. The molecule has 0 N–H and O–H groups in total. The van der Waals surface area contributed by atoms with E-state index in [0.717, 1.165) is 43.9 Å². The van der Waals surface area contributed by atoms with Crippen molar-refractivity contribution >= 4 is 40.1 Å². The van der Waals surface area contributed by atoms with Crippen molar-refractivity contribution in [2.75, 3.05) is 4.90 Å². The first kappa shape index (κ1) is 31.5. The van der Waals surface area contributed by atoms with E-state index in [-0.39, 0.29) is 10.8 Å². The molecule has 2 heterocycles. The third-order valence-corrected chi connectivity index (χ3v) is 14.5. The summed E-state index contributed by atoms with van der Waals surface area (Å²) in [7, 11) is -3.11. The van der Waals surface area contributed by atoms with E-state index < -0.39 is 7.14 Å². The van der Waals surface area contributed by atoms with Gasteiger partial charge in [0.25, 0.3) is 0 Å². The number of rotatable bonds is 4. The van der Waals surface area contributed by atoms with Gasteiger partial charge >= 0.3 is 0 Å². The van der Waals surface area contributed by atoms with Gasteiger partial charge in [-0.3, -0.25) is 0 Å². The second-order valence-electron chi connectivity index (χ2n) is 14.9. The van der Waals surface area contributed by atoms with E-state index >= 15 is 4.57 Å². The van der Waals surface area contributed by atoms with Crippen LogP contribution in [0.3, 0.4) is 0 Å². The van der Waals surface area contributed by atoms with Crippen LogP contribution < -0.4 is 20.8 Å². The van der Waals surface area contributed by atoms with Gasteiger partial charge in [-0.25, -0.2) is 0 Å². The highest BCUT2D eigenvalue weighted by molar-refractivity contribution is 7.85. The summed E-state index contributed by atoms with van der Waals surface area (Å²) in [6, 6.07) is 60.2. The van der Waals surface area contributed by atoms with E-state index in [2.05, 4.69) is 166 Å². The van der Waals surface area contributed by atoms with Crippen LogP contribution in [-0.2, 0) is 15.4 Å². The minimum absolute atomic E-state index is 0.171. The molecule has 0 radical (unpaired) electrons. The van der Waals surface area contributed by atoms with E-state index in [1.807, 2.05) is 36.4 Å². The number of hydrogen-bond donors (Lipinski definition) is 0. The fourth-order valence-corrected chi connectivity index (χ4v) is 12.0. The van der Waals surface area contributed by atoms with Gasteiger partial charge in [0.1, 0.15) is 0 Å². The van der Waals surface area contributed by atoms with Crippen molar-refractivity contribution in [1.82, 2.24) is 0 Å². The topological polar surface area (TPSA) is 20.3 Å². The molecule has 2 nitrogen and oxygen atoms in total. The van der Waals surface area contributed by atoms with Crippen molar-refractivity contribution in [3.8, 4) is 22.3 Å². The average Bonchev–Trinajstić information content (AvgIpc) is 3.18. The monoisotopic (exact) mass is 677 g/mol. The third-order valence-electron chi connectivity index (χ3n) is 11.3. The second kappa shape index (κ2) is 11.6. The maximum Gasteiger partial charge on any atom is 0.171 e. The Morgan fingerprint density at radius 1 is 0.412 bits per heavy atom.